The summed E-state index contributed by atoms with van der Waals surface area (Å²) in [6.07, 6.45) is 0. The Hall–Kier alpha value is 6.94. The van der Waals surface area contributed by atoms with E-state index in [4.69, 9.17) is 0 Å². The largest absolute Gasteiger partial charge is 3.00 e. The molecule has 0 aromatic heterocycles. The van der Waals surface area contributed by atoms with Gasteiger partial charge in [-0.3, -0.25) is 0 Å². The predicted molar refractivity (Wildman–Crippen MR) is 74.6 cm³/mol. The Morgan fingerprint density at radius 2 is 0.308 bits per heavy atom. The third-order valence-corrected chi connectivity index (χ3v) is 0. The van der Waals surface area contributed by atoms with E-state index in [0.29, 0.717) is 0 Å². The van der Waals surface area contributed by atoms with E-state index in [1.807, 2.05) is 0 Å². The molecule has 13 heavy (non-hydrogen) atoms. The molecule has 0 aliphatic heterocycles. The minimum Gasteiger partial charge on any atom is -2.00 e. The van der Waals surface area contributed by atoms with Crippen molar-refractivity contribution in [1.29, 1.82) is 0 Å². The van der Waals surface area contributed by atoms with Gasteiger partial charge in [0.05, 0.1) is 0 Å². The maximum Gasteiger partial charge on any atom is 3.00 e. The van der Waals surface area contributed by atoms with Crippen LogP contribution in [0.2, 0.25) is 0 Å². The second-order valence-corrected chi connectivity index (χ2v) is 0. The first-order valence-corrected chi connectivity index (χ1v) is 0. The quantitative estimate of drug-likeness (QED) is 0.261. The van der Waals surface area contributed by atoms with E-state index >= 15 is 0 Å². The van der Waals surface area contributed by atoms with Crippen molar-refractivity contribution in [2.75, 3.05) is 0 Å². The van der Waals surface area contributed by atoms with Gasteiger partial charge in [0.25, 0.3) is 0 Å². The van der Waals surface area contributed by atoms with Gasteiger partial charge in [-0.15, -0.1) is 0 Å². The van der Waals surface area contributed by atoms with Gasteiger partial charge in [0, 0.05) is 0 Å². The molecule has 0 heterocycles. The first-order chi connectivity index (χ1) is 0. The van der Waals surface area contributed by atoms with Gasteiger partial charge < -0.3 is 94.5 Å². The summed E-state index contributed by atoms with van der Waals surface area (Å²) in [5.74, 6) is 0. The zero-order valence-corrected chi connectivity index (χ0v) is 25.9. The summed E-state index contributed by atoms with van der Waals surface area (Å²) in [6.45, 7) is 0. The average Bonchev–Trinajstić information content (AvgIpc) is 0. The van der Waals surface area contributed by atoms with Gasteiger partial charge >= 0.3 is 136 Å². The summed E-state index contributed by atoms with van der Waals surface area (Å²) >= 11 is 0. The smallest absolute Gasteiger partial charge is 2.00 e. The van der Waals surface area contributed by atoms with Crippen molar-refractivity contribution < 1.29 is 44.8 Å². The molecule has 0 aliphatic rings. The Bertz CT molecular complexity index is 22.5. The standard InChI is InChI=1S/2Ag.2Ga.2In.7S/q2*+1;4*+3;7*-2. The molecule has 0 unspecified atom stereocenters. The third-order valence-electron chi connectivity index (χ3n) is 0. The van der Waals surface area contributed by atoms with Gasteiger partial charge in [0.2, 0.25) is 0 Å². The first-order valence-electron chi connectivity index (χ1n) is 0. The number of hydrogen-bond donors (Lipinski definition) is 0. The van der Waals surface area contributed by atoms with Crippen LogP contribution in [0.3, 0.4) is 0 Å². The molecular weight excluding hydrogens is 809 g/mol. The van der Waals surface area contributed by atoms with Crippen molar-refractivity contribution in [2.45, 2.75) is 0 Å². The SMILES string of the molecule is [Ag+].[Ag+].[Ga+3].[Ga+3].[In+3].[In+3].[S-2].[S-2].[S-2].[S-2].[S-2].[S-2].[S-2]. The van der Waals surface area contributed by atoms with Gasteiger partial charge in [-0.05, 0) is 0 Å². The molecule has 0 rings (SSSR count). The monoisotopic (exact) mass is 805 g/mol. The van der Waals surface area contributed by atoms with Crippen molar-refractivity contribution in [1.82, 2.24) is 0 Å². The van der Waals surface area contributed by atoms with Crippen molar-refractivity contribution in [2.24, 2.45) is 0 Å². The predicted octanol–water partition coefficient (Wildman–Crippen LogP) is -1.54. The molecule has 0 aliphatic carbocycles. The van der Waals surface area contributed by atoms with E-state index in [1.165, 1.54) is 0 Å². The summed E-state index contributed by atoms with van der Waals surface area (Å²) in [4.78, 5) is 0. The van der Waals surface area contributed by atoms with Crippen molar-refractivity contribution in [3.63, 3.8) is 0 Å². The molecule has 0 bridgehead atoms. The summed E-state index contributed by atoms with van der Waals surface area (Å²) in [5.41, 5.74) is 0. The maximum absolute atomic E-state index is 0. The van der Waals surface area contributed by atoms with Gasteiger partial charge in [-0.2, -0.15) is 0 Å². The molecule has 0 radical (unpaired) electrons. The van der Waals surface area contributed by atoms with E-state index in [2.05, 4.69) is 0 Å². The van der Waals surface area contributed by atoms with Crippen LogP contribution in [-0.2, 0) is 139 Å². The second-order valence-electron chi connectivity index (χ2n) is 0. The Labute approximate surface area is 225 Å². The Balaban J connectivity index is 0. The van der Waals surface area contributed by atoms with E-state index in [0.717, 1.165) is 0 Å². The zero-order chi connectivity index (χ0) is 0. The van der Waals surface area contributed by atoms with Gasteiger partial charge in [-0.25, -0.2) is 0 Å². The van der Waals surface area contributed by atoms with Crippen LogP contribution in [0.5, 0.6) is 0 Å². The molecule has 0 N–H and O–H groups in total. The minimum atomic E-state index is 0. The zero-order valence-electron chi connectivity index (χ0n) is 5.77. The summed E-state index contributed by atoms with van der Waals surface area (Å²) < 4.78 is 0. The molecule has 0 aromatic carbocycles. The van der Waals surface area contributed by atoms with Crippen LogP contribution in [0.1, 0.15) is 0 Å². The van der Waals surface area contributed by atoms with Crippen LogP contribution in [0, 0.1) is 0 Å². The molecule has 76 valence electrons. The fraction of sp³-hybridized carbons (Fsp3) is 0. The van der Waals surface area contributed by atoms with Crippen molar-refractivity contribution >= 4 is 186 Å². The minimum absolute atomic E-state index is 0. The second kappa shape index (κ2) is 127. The van der Waals surface area contributed by atoms with Crippen LogP contribution in [0.25, 0.3) is 0 Å². The van der Waals surface area contributed by atoms with Crippen LogP contribution in [0.4, 0.5) is 0 Å². The van der Waals surface area contributed by atoms with Crippen molar-refractivity contribution in [3.05, 3.63) is 0 Å². The van der Waals surface area contributed by atoms with Gasteiger partial charge in [0.1, 0.15) is 0 Å². The molecular formula is Ag2Ga2In2S7. The molecule has 0 atom stereocenters. The molecule has 0 amide bonds. The molecule has 13 heteroatoms. The molecule has 0 saturated carbocycles. The topological polar surface area (TPSA) is 0 Å². The van der Waals surface area contributed by atoms with Crippen LogP contribution in [0.15, 0.2) is 0 Å². The molecule has 0 nitrogen and oxygen atoms in total. The fourth-order valence-corrected chi connectivity index (χ4v) is 0. The van der Waals surface area contributed by atoms with E-state index in [1.54, 1.807) is 0 Å². The van der Waals surface area contributed by atoms with Crippen LogP contribution in [-0.4, -0.2) is 91.3 Å². The fourth-order valence-electron chi connectivity index (χ4n) is 0. The van der Waals surface area contributed by atoms with Crippen molar-refractivity contribution in [3.8, 4) is 0 Å². The normalized spacial score (nSPS) is 0. The van der Waals surface area contributed by atoms with Crippen LogP contribution >= 0.6 is 0 Å². The summed E-state index contributed by atoms with van der Waals surface area (Å²) in [7, 11) is 0. The maximum atomic E-state index is 0. The van der Waals surface area contributed by atoms with E-state index in [9.17, 15) is 0 Å². The number of hydrogen-bond acceptors (Lipinski definition) is 0. The average molecular weight is 809 g/mol. The van der Waals surface area contributed by atoms with Gasteiger partial charge in [0.15, 0.2) is 0 Å². The Kier molecular flexibility index (Phi) is 1440. The Morgan fingerprint density at radius 3 is 0.308 bits per heavy atom. The van der Waals surface area contributed by atoms with Gasteiger partial charge in [-0.1, -0.05) is 0 Å². The number of rotatable bonds is 0. The molecule has 0 saturated heterocycles. The van der Waals surface area contributed by atoms with E-state index in [-0.39, 0.29) is 230 Å². The first kappa shape index (κ1) is 148. The summed E-state index contributed by atoms with van der Waals surface area (Å²) in [5, 5.41) is 0. The summed E-state index contributed by atoms with van der Waals surface area (Å²) in [6, 6.07) is 0. The Morgan fingerprint density at radius 1 is 0.308 bits per heavy atom. The molecule has 0 spiro atoms. The molecule has 0 aromatic rings. The third kappa shape index (κ3) is 113. The van der Waals surface area contributed by atoms with Crippen LogP contribution < -0.4 is 0 Å². The molecule has 0 fully saturated rings. The van der Waals surface area contributed by atoms with E-state index < -0.39 is 0 Å².